The number of benzene rings is 3. The molecular formula is C27H28FN3O. The van der Waals surface area contributed by atoms with Crippen molar-refractivity contribution in [1.29, 1.82) is 0 Å². The van der Waals surface area contributed by atoms with Crippen molar-refractivity contribution in [3.8, 4) is 0 Å². The number of hydrogen-bond donors (Lipinski definition) is 0. The van der Waals surface area contributed by atoms with Crippen LogP contribution in [0.2, 0.25) is 0 Å². The highest BCUT2D eigenvalue weighted by molar-refractivity contribution is 5.82. The largest absolute Gasteiger partial charge is 0.368 e. The minimum atomic E-state index is -0.227. The fraction of sp³-hybridized carbons (Fsp3) is 0.296. The van der Waals surface area contributed by atoms with Crippen LogP contribution in [-0.2, 0) is 17.8 Å². The lowest BCUT2D eigenvalue weighted by molar-refractivity contribution is -0.135. The number of para-hydroxylation sites is 1. The van der Waals surface area contributed by atoms with Crippen LogP contribution in [0.25, 0.3) is 0 Å². The van der Waals surface area contributed by atoms with E-state index in [1.165, 1.54) is 23.4 Å². The Hall–Kier alpha value is -3.34. The van der Waals surface area contributed by atoms with Gasteiger partial charge >= 0.3 is 0 Å². The fourth-order valence-corrected chi connectivity index (χ4v) is 5.15. The van der Waals surface area contributed by atoms with E-state index in [4.69, 9.17) is 0 Å². The van der Waals surface area contributed by atoms with Crippen LogP contribution in [0.4, 0.5) is 15.8 Å². The van der Waals surface area contributed by atoms with E-state index in [-0.39, 0.29) is 23.7 Å². The summed E-state index contributed by atoms with van der Waals surface area (Å²) in [6.07, 6.45) is 0.743. The van der Waals surface area contributed by atoms with Crippen molar-refractivity contribution in [2.75, 3.05) is 36.5 Å². The van der Waals surface area contributed by atoms with Crippen LogP contribution in [-0.4, -0.2) is 43.5 Å². The van der Waals surface area contributed by atoms with E-state index in [2.05, 4.69) is 46.2 Å². The second-order valence-electron chi connectivity index (χ2n) is 8.80. The quantitative estimate of drug-likeness (QED) is 0.617. The molecule has 0 bridgehead atoms. The topological polar surface area (TPSA) is 26.8 Å². The third-order valence-corrected chi connectivity index (χ3v) is 6.77. The first-order valence-corrected chi connectivity index (χ1v) is 11.2. The molecule has 2 aliphatic rings. The molecule has 164 valence electrons. The van der Waals surface area contributed by atoms with E-state index in [0.29, 0.717) is 6.54 Å². The Balaban J connectivity index is 1.42. The van der Waals surface area contributed by atoms with Crippen LogP contribution in [0, 0.1) is 11.7 Å². The van der Waals surface area contributed by atoms with Crippen molar-refractivity contribution in [3.63, 3.8) is 0 Å². The van der Waals surface area contributed by atoms with Crippen LogP contribution in [0.3, 0.4) is 0 Å². The summed E-state index contributed by atoms with van der Waals surface area (Å²) in [6.45, 7) is 3.03. The second-order valence-corrected chi connectivity index (χ2v) is 8.80. The third kappa shape index (κ3) is 3.95. The molecule has 1 fully saturated rings. The highest BCUT2D eigenvalue weighted by Gasteiger charge is 2.42. The molecule has 2 heterocycles. The zero-order chi connectivity index (χ0) is 22.1. The number of halogens is 1. The maximum Gasteiger partial charge on any atom is 0.228 e. The van der Waals surface area contributed by atoms with Gasteiger partial charge in [0.25, 0.3) is 0 Å². The zero-order valence-electron chi connectivity index (χ0n) is 18.3. The van der Waals surface area contributed by atoms with Crippen molar-refractivity contribution in [2.24, 2.45) is 5.92 Å². The van der Waals surface area contributed by atoms with Crippen molar-refractivity contribution in [3.05, 3.63) is 95.8 Å². The Labute approximate surface area is 188 Å². The molecule has 2 unspecified atom stereocenters. The van der Waals surface area contributed by atoms with E-state index in [0.717, 1.165) is 37.3 Å². The Kier molecular flexibility index (Phi) is 5.56. The summed E-state index contributed by atoms with van der Waals surface area (Å²) in [5.41, 5.74) is 4.62. The predicted molar refractivity (Wildman–Crippen MR) is 126 cm³/mol. The standard InChI is InChI=1S/C27H28FN3O/c1-29(18-20-7-3-2-4-8-20)27(32)24-17-21-9-5-6-10-25(21)31-16-15-30(19-26(24)31)23-13-11-22(28)12-14-23/h2-14,24,26H,15-19H2,1H3. The van der Waals surface area contributed by atoms with Gasteiger partial charge in [0, 0.05) is 44.6 Å². The molecule has 2 atom stereocenters. The lowest BCUT2D eigenvalue weighted by atomic mass is 9.83. The second kappa shape index (κ2) is 8.65. The van der Waals surface area contributed by atoms with Crippen molar-refractivity contribution < 1.29 is 9.18 Å². The molecule has 2 aliphatic heterocycles. The molecule has 5 heteroatoms. The predicted octanol–water partition coefficient (Wildman–Crippen LogP) is 4.35. The van der Waals surface area contributed by atoms with E-state index in [9.17, 15) is 9.18 Å². The number of amides is 1. The van der Waals surface area contributed by atoms with Crippen LogP contribution in [0.1, 0.15) is 11.1 Å². The van der Waals surface area contributed by atoms with Gasteiger partial charge in [0.05, 0.1) is 12.0 Å². The SMILES string of the molecule is CN(Cc1ccccc1)C(=O)C1Cc2ccccc2N2CCN(c3ccc(F)cc3)CC12. The number of piperazine rings is 1. The summed E-state index contributed by atoms with van der Waals surface area (Å²) in [5, 5.41) is 0. The summed E-state index contributed by atoms with van der Waals surface area (Å²) >= 11 is 0. The summed E-state index contributed by atoms with van der Waals surface area (Å²) in [7, 11) is 1.90. The Morgan fingerprint density at radius 3 is 2.47 bits per heavy atom. The summed E-state index contributed by atoms with van der Waals surface area (Å²) < 4.78 is 13.4. The van der Waals surface area contributed by atoms with Crippen molar-refractivity contribution in [2.45, 2.75) is 19.0 Å². The van der Waals surface area contributed by atoms with Gasteiger partial charge in [0.1, 0.15) is 5.82 Å². The lowest BCUT2D eigenvalue weighted by Gasteiger charge is -2.50. The van der Waals surface area contributed by atoms with E-state index in [1.807, 2.05) is 42.3 Å². The molecule has 0 aliphatic carbocycles. The Morgan fingerprint density at radius 2 is 1.69 bits per heavy atom. The summed E-state index contributed by atoms with van der Waals surface area (Å²) in [4.78, 5) is 20.2. The van der Waals surface area contributed by atoms with Gasteiger partial charge in [-0.15, -0.1) is 0 Å². The van der Waals surface area contributed by atoms with E-state index < -0.39 is 0 Å². The maximum absolute atomic E-state index is 13.7. The molecule has 0 saturated carbocycles. The van der Waals surface area contributed by atoms with Gasteiger partial charge in [-0.3, -0.25) is 4.79 Å². The fourth-order valence-electron chi connectivity index (χ4n) is 5.15. The van der Waals surface area contributed by atoms with Crippen LogP contribution >= 0.6 is 0 Å². The molecule has 32 heavy (non-hydrogen) atoms. The van der Waals surface area contributed by atoms with Gasteiger partial charge < -0.3 is 14.7 Å². The molecule has 4 nitrogen and oxygen atoms in total. The molecular weight excluding hydrogens is 401 g/mol. The third-order valence-electron chi connectivity index (χ3n) is 6.77. The first kappa shape index (κ1) is 20.6. The van der Waals surface area contributed by atoms with Gasteiger partial charge in [-0.25, -0.2) is 4.39 Å². The maximum atomic E-state index is 13.7. The van der Waals surface area contributed by atoms with Gasteiger partial charge in [-0.05, 0) is 47.9 Å². The van der Waals surface area contributed by atoms with Crippen LogP contribution in [0.15, 0.2) is 78.9 Å². The zero-order valence-corrected chi connectivity index (χ0v) is 18.3. The van der Waals surface area contributed by atoms with Gasteiger partial charge in [0.2, 0.25) is 5.91 Å². The molecule has 0 spiro atoms. The molecule has 1 saturated heterocycles. The smallest absolute Gasteiger partial charge is 0.228 e. The number of hydrogen-bond acceptors (Lipinski definition) is 3. The highest BCUT2D eigenvalue weighted by Crippen LogP contribution is 2.37. The minimum Gasteiger partial charge on any atom is -0.368 e. The average molecular weight is 430 g/mol. The molecule has 3 aromatic carbocycles. The Morgan fingerprint density at radius 1 is 0.969 bits per heavy atom. The minimum absolute atomic E-state index is 0.0782. The normalized spacial score (nSPS) is 19.8. The number of fused-ring (bicyclic) bond motifs is 3. The first-order chi connectivity index (χ1) is 15.6. The van der Waals surface area contributed by atoms with Gasteiger partial charge in [0.15, 0.2) is 0 Å². The molecule has 0 aromatic heterocycles. The summed E-state index contributed by atoms with van der Waals surface area (Å²) in [5.74, 6) is -0.171. The van der Waals surface area contributed by atoms with Crippen LogP contribution in [0.5, 0.6) is 0 Å². The number of anilines is 2. The van der Waals surface area contributed by atoms with Gasteiger partial charge in [-0.2, -0.15) is 0 Å². The molecule has 0 N–H and O–H groups in total. The van der Waals surface area contributed by atoms with Crippen LogP contribution < -0.4 is 9.80 Å². The number of rotatable bonds is 4. The molecule has 0 radical (unpaired) electrons. The summed E-state index contributed by atoms with van der Waals surface area (Å²) in [6, 6.07) is 25.3. The monoisotopic (exact) mass is 429 g/mol. The number of carbonyl (C=O) groups excluding carboxylic acids is 1. The molecule has 3 aromatic rings. The molecule has 5 rings (SSSR count). The molecule has 1 amide bonds. The number of nitrogens with zero attached hydrogens (tertiary/aromatic N) is 3. The highest BCUT2D eigenvalue weighted by atomic mass is 19.1. The van der Waals surface area contributed by atoms with Crippen molar-refractivity contribution >= 4 is 17.3 Å². The first-order valence-electron chi connectivity index (χ1n) is 11.2. The van der Waals surface area contributed by atoms with Gasteiger partial charge in [-0.1, -0.05) is 48.5 Å². The lowest BCUT2D eigenvalue weighted by Crippen LogP contribution is -2.61. The van der Waals surface area contributed by atoms with Crippen molar-refractivity contribution in [1.82, 2.24) is 4.90 Å². The number of carbonyl (C=O) groups is 1. The van der Waals surface area contributed by atoms with E-state index in [1.54, 1.807) is 0 Å². The Bertz CT molecular complexity index is 1090. The van der Waals surface area contributed by atoms with E-state index >= 15 is 0 Å². The average Bonchev–Trinajstić information content (AvgIpc) is 2.84.